The Hall–Kier alpha value is -1.42. The third-order valence-electron chi connectivity index (χ3n) is 3.33. The zero-order chi connectivity index (χ0) is 12.8. The van der Waals surface area contributed by atoms with Gasteiger partial charge >= 0.3 is 0 Å². The first-order chi connectivity index (χ1) is 8.83. The molecule has 4 heteroatoms. The summed E-state index contributed by atoms with van der Waals surface area (Å²) >= 11 is 0. The van der Waals surface area contributed by atoms with Crippen molar-refractivity contribution in [2.45, 2.75) is 25.3 Å². The quantitative estimate of drug-likeness (QED) is 0.860. The lowest BCUT2D eigenvalue weighted by Crippen LogP contribution is -2.21. The molecule has 0 aliphatic carbocycles. The fourth-order valence-corrected chi connectivity index (χ4v) is 2.33. The molecule has 1 aliphatic heterocycles. The van der Waals surface area contributed by atoms with Gasteiger partial charge in [0.25, 0.3) is 0 Å². The molecule has 0 amide bonds. The molecule has 1 atom stereocenters. The van der Waals surface area contributed by atoms with Crippen molar-refractivity contribution in [1.29, 1.82) is 0 Å². The van der Waals surface area contributed by atoms with E-state index in [1.807, 2.05) is 18.2 Å². The molecule has 2 rings (SSSR count). The van der Waals surface area contributed by atoms with E-state index in [2.05, 4.69) is 10.6 Å². The summed E-state index contributed by atoms with van der Waals surface area (Å²) in [4.78, 5) is 0. The van der Waals surface area contributed by atoms with E-state index in [1.165, 1.54) is 12.8 Å². The number of methoxy groups -OCH3 is 2. The molecule has 2 N–H and O–H groups in total. The van der Waals surface area contributed by atoms with Crippen LogP contribution in [0.15, 0.2) is 18.2 Å². The minimum absolute atomic E-state index is 0.540. The second-order valence-corrected chi connectivity index (χ2v) is 4.59. The zero-order valence-corrected chi connectivity index (χ0v) is 11.2. The van der Waals surface area contributed by atoms with E-state index in [4.69, 9.17) is 9.47 Å². The third-order valence-corrected chi connectivity index (χ3v) is 3.33. The first-order valence-electron chi connectivity index (χ1n) is 6.53. The maximum Gasteiger partial charge on any atom is 0.162 e. The van der Waals surface area contributed by atoms with Gasteiger partial charge in [-0.2, -0.15) is 0 Å². The van der Waals surface area contributed by atoms with Crippen LogP contribution in [0, 0.1) is 0 Å². The number of hydrogen-bond donors (Lipinski definition) is 2. The van der Waals surface area contributed by atoms with Crippen molar-refractivity contribution in [2.24, 2.45) is 0 Å². The summed E-state index contributed by atoms with van der Waals surface area (Å²) in [6.07, 6.45) is 3.60. The fraction of sp³-hybridized carbons (Fsp3) is 0.571. The Balaban J connectivity index is 2.03. The predicted molar refractivity (Wildman–Crippen MR) is 73.7 cm³/mol. The number of anilines is 1. The Morgan fingerprint density at radius 3 is 2.72 bits per heavy atom. The Bertz CT molecular complexity index is 374. The molecular weight excluding hydrogens is 228 g/mol. The summed E-state index contributed by atoms with van der Waals surface area (Å²) in [6, 6.07) is 6.52. The highest BCUT2D eigenvalue weighted by atomic mass is 16.5. The second kappa shape index (κ2) is 6.50. The molecule has 1 aliphatic rings. The van der Waals surface area contributed by atoms with E-state index in [0.717, 1.165) is 36.7 Å². The van der Waals surface area contributed by atoms with Gasteiger partial charge in [-0.05, 0) is 44.5 Å². The van der Waals surface area contributed by atoms with Gasteiger partial charge in [0, 0.05) is 17.8 Å². The van der Waals surface area contributed by atoms with Crippen molar-refractivity contribution >= 4 is 5.69 Å². The average molecular weight is 250 g/mol. The van der Waals surface area contributed by atoms with Crippen molar-refractivity contribution < 1.29 is 9.47 Å². The van der Waals surface area contributed by atoms with Crippen LogP contribution in [0.3, 0.4) is 0 Å². The molecule has 0 aromatic heterocycles. The van der Waals surface area contributed by atoms with Crippen LogP contribution in [-0.4, -0.2) is 33.4 Å². The minimum Gasteiger partial charge on any atom is -0.493 e. The van der Waals surface area contributed by atoms with Gasteiger partial charge in [-0.3, -0.25) is 0 Å². The van der Waals surface area contributed by atoms with Gasteiger partial charge in [0.15, 0.2) is 11.5 Å². The van der Waals surface area contributed by atoms with Crippen molar-refractivity contribution in [3.05, 3.63) is 18.2 Å². The van der Waals surface area contributed by atoms with Crippen LogP contribution in [0.5, 0.6) is 11.5 Å². The molecule has 4 nitrogen and oxygen atoms in total. The van der Waals surface area contributed by atoms with Gasteiger partial charge in [-0.1, -0.05) is 0 Å². The Labute approximate surface area is 109 Å². The molecule has 0 saturated carbocycles. The summed E-state index contributed by atoms with van der Waals surface area (Å²) in [5.74, 6) is 1.54. The molecule has 1 heterocycles. The Morgan fingerprint density at radius 2 is 1.94 bits per heavy atom. The standard InChI is InChI=1S/C14H22N2O2/c1-17-13-6-5-12(10-14(13)18-2)16-11-4-3-8-15-9-7-11/h5-6,10-11,15-16H,3-4,7-9H2,1-2H3. The maximum absolute atomic E-state index is 5.31. The van der Waals surface area contributed by atoms with Gasteiger partial charge in [-0.15, -0.1) is 0 Å². The summed E-state index contributed by atoms with van der Waals surface area (Å²) in [7, 11) is 3.32. The molecule has 0 spiro atoms. The van der Waals surface area contributed by atoms with Crippen LogP contribution in [-0.2, 0) is 0 Å². The molecule has 18 heavy (non-hydrogen) atoms. The van der Waals surface area contributed by atoms with E-state index in [0.29, 0.717) is 6.04 Å². The lowest BCUT2D eigenvalue weighted by Gasteiger charge is -2.18. The van der Waals surface area contributed by atoms with Crippen LogP contribution in [0.25, 0.3) is 0 Å². The molecular formula is C14H22N2O2. The first-order valence-corrected chi connectivity index (χ1v) is 6.53. The van der Waals surface area contributed by atoms with Crippen molar-refractivity contribution in [3.63, 3.8) is 0 Å². The fourth-order valence-electron chi connectivity index (χ4n) is 2.33. The summed E-state index contributed by atoms with van der Waals surface area (Å²) < 4.78 is 10.6. The zero-order valence-electron chi connectivity index (χ0n) is 11.2. The van der Waals surface area contributed by atoms with E-state index in [1.54, 1.807) is 14.2 Å². The molecule has 1 aromatic rings. The molecule has 1 unspecified atom stereocenters. The number of hydrogen-bond acceptors (Lipinski definition) is 4. The van der Waals surface area contributed by atoms with E-state index in [-0.39, 0.29) is 0 Å². The molecule has 100 valence electrons. The van der Waals surface area contributed by atoms with Crippen molar-refractivity contribution in [1.82, 2.24) is 5.32 Å². The van der Waals surface area contributed by atoms with Crippen LogP contribution in [0.2, 0.25) is 0 Å². The summed E-state index contributed by atoms with van der Waals surface area (Å²) in [5.41, 5.74) is 1.10. The topological polar surface area (TPSA) is 42.5 Å². The minimum atomic E-state index is 0.540. The van der Waals surface area contributed by atoms with Gasteiger partial charge in [0.1, 0.15) is 0 Å². The van der Waals surface area contributed by atoms with Crippen LogP contribution >= 0.6 is 0 Å². The lowest BCUT2D eigenvalue weighted by molar-refractivity contribution is 0.355. The molecule has 1 aromatic carbocycles. The second-order valence-electron chi connectivity index (χ2n) is 4.59. The molecule has 1 fully saturated rings. The van der Waals surface area contributed by atoms with Gasteiger partial charge in [0.2, 0.25) is 0 Å². The maximum atomic E-state index is 5.31. The van der Waals surface area contributed by atoms with Gasteiger partial charge in [0.05, 0.1) is 14.2 Å². The largest absolute Gasteiger partial charge is 0.493 e. The number of rotatable bonds is 4. The average Bonchev–Trinajstić information content (AvgIpc) is 2.67. The molecule has 0 radical (unpaired) electrons. The SMILES string of the molecule is COc1ccc(NC2CCCNCC2)cc1OC. The highest BCUT2D eigenvalue weighted by Gasteiger charge is 2.12. The van der Waals surface area contributed by atoms with E-state index in [9.17, 15) is 0 Å². The molecule has 0 bridgehead atoms. The van der Waals surface area contributed by atoms with E-state index >= 15 is 0 Å². The number of ether oxygens (including phenoxy) is 2. The monoisotopic (exact) mass is 250 g/mol. The van der Waals surface area contributed by atoms with Crippen molar-refractivity contribution in [3.8, 4) is 11.5 Å². The van der Waals surface area contributed by atoms with Crippen LogP contribution in [0.1, 0.15) is 19.3 Å². The highest BCUT2D eigenvalue weighted by Crippen LogP contribution is 2.30. The van der Waals surface area contributed by atoms with Gasteiger partial charge < -0.3 is 20.1 Å². The number of benzene rings is 1. The first kappa shape index (κ1) is 13.0. The number of nitrogens with one attached hydrogen (secondary N) is 2. The Kier molecular flexibility index (Phi) is 4.70. The van der Waals surface area contributed by atoms with Crippen molar-refractivity contribution in [2.75, 3.05) is 32.6 Å². The van der Waals surface area contributed by atoms with Crippen LogP contribution in [0.4, 0.5) is 5.69 Å². The van der Waals surface area contributed by atoms with E-state index < -0.39 is 0 Å². The summed E-state index contributed by atoms with van der Waals surface area (Å²) in [5, 5.41) is 6.99. The Morgan fingerprint density at radius 1 is 1.11 bits per heavy atom. The third kappa shape index (κ3) is 3.29. The predicted octanol–water partition coefficient (Wildman–Crippen LogP) is 2.26. The van der Waals surface area contributed by atoms with Gasteiger partial charge in [-0.25, -0.2) is 0 Å². The molecule has 1 saturated heterocycles. The highest BCUT2D eigenvalue weighted by molar-refractivity contribution is 5.55. The smallest absolute Gasteiger partial charge is 0.162 e. The van der Waals surface area contributed by atoms with Crippen LogP contribution < -0.4 is 20.1 Å². The normalized spacial score (nSPS) is 20.0. The summed E-state index contributed by atoms with van der Waals surface area (Å²) in [6.45, 7) is 2.22. The lowest BCUT2D eigenvalue weighted by atomic mass is 10.1.